The highest BCUT2D eigenvalue weighted by Gasteiger charge is 2.32. The highest BCUT2D eigenvalue weighted by Crippen LogP contribution is 2.29. The summed E-state index contributed by atoms with van der Waals surface area (Å²) in [5.41, 5.74) is 5.10. The van der Waals surface area contributed by atoms with Gasteiger partial charge in [0, 0.05) is 11.7 Å². The lowest BCUT2D eigenvalue weighted by Crippen LogP contribution is -2.47. The first-order valence-corrected chi connectivity index (χ1v) is 8.14. The van der Waals surface area contributed by atoms with Crippen molar-refractivity contribution in [1.29, 1.82) is 0 Å². The molecule has 1 heterocycles. The van der Waals surface area contributed by atoms with E-state index in [2.05, 4.69) is 9.71 Å². The van der Waals surface area contributed by atoms with Crippen LogP contribution in [-0.2, 0) is 10.0 Å². The summed E-state index contributed by atoms with van der Waals surface area (Å²) < 4.78 is 27.4. The highest BCUT2D eigenvalue weighted by molar-refractivity contribution is 7.89. The van der Waals surface area contributed by atoms with Gasteiger partial charge in [0.1, 0.15) is 10.7 Å². The molecule has 0 saturated heterocycles. The van der Waals surface area contributed by atoms with Gasteiger partial charge >= 0.3 is 0 Å². The summed E-state index contributed by atoms with van der Waals surface area (Å²) in [6.45, 7) is 1.94. The summed E-state index contributed by atoms with van der Waals surface area (Å²) in [6.07, 6.45) is 6.17. The minimum absolute atomic E-state index is 0.0542. The maximum absolute atomic E-state index is 12.3. The van der Waals surface area contributed by atoms with Crippen LogP contribution in [0.3, 0.4) is 0 Å². The average molecular weight is 304 g/mol. The maximum Gasteiger partial charge on any atom is 0.242 e. The van der Waals surface area contributed by atoms with Gasteiger partial charge in [0.05, 0.1) is 5.02 Å². The van der Waals surface area contributed by atoms with E-state index in [9.17, 15) is 8.42 Å². The third kappa shape index (κ3) is 3.38. The lowest BCUT2D eigenvalue weighted by Gasteiger charge is -2.34. The molecule has 0 atom stereocenters. The Kier molecular flexibility index (Phi) is 4.03. The number of hydrogen-bond donors (Lipinski definition) is 2. The molecule has 5 nitrogen and oxygen atoms in total. The number of hydrogen-bond acceptors (Lipinski definition) is 4. The fourth-order valence-electron chi connectivity index (χ4n) is 2.40. The van der Waals surface area contributed by atoms with E-state index in [1.165, 1.54) is 12.3 Å². The Labute approximate surface area is 118 Å². The first-order valence-electron chi connectivity index (χ1n) is 6.27. The van der Waals surface area contributed by atoms with Crippen molar-refractivity contribution in [1.82, 2.24) is 9.71 Å². The number of nitrogen functional groups attached to an aromatic ring is 1. The molecule has 1 aromatic rings. The molecule has 3 N–H and O–H groups in total. The van der Waals surface area contributed by atoms with Crippen molar-refractivity contribution in [3.05, 3.63) is 17.3 Å². The first-order chi connectivity index (χ1) is 8.82. The lowest BCUT2D eigenvalue weighted by atomic mass is 9.84. The molecule has 1 saturated carbocycles. The summed E-state index contributed by atoms with van der Waals surface area (Å²) in [6, 6.07) is 1.33. The van der Waals surface area contributed by atoms with E-state index in [1.54, 1.807) is 0 Å². The van der Waals surface area contributed by atoms with Gasteiger partial charge < -0.3 is 5.73 Å². The molecule has 0 amide bonds. The third-order valence-corrected chi connectivity index (χ3v) is 5.40. The number of aromatic nitrogens is 1. The van der Waals surface area contributed by atoms with Gasteiger partial charge in [0.25, 0.3) is 0 Å². The van der Waals surface area contributed by atoms with E-state index < -0.39 is 10.0 Å². The Balaban J connectivity index is 2.24. The zero-order valence-electron chi connectivity index (χ0n) is 10.8. The van der Waals surface area contributed by atoms with Gasteiger partial charge in [-0.1, -0.05) is 30.9 Å². The van der Waals surface area contributed by atoms with Crippen LogP contribution in [0.5, 0.6) is 0 Å². The van der Waals surface area contributed by atoms with Crippen LogP contribution in [0.4, 0.5) is 5.82 Å². The largest absolute Gasteiger partial charge is 0.382 e. The molecule has 0 aromatic carbocycles. The predicted molar refractivity (Wildman–Crippen MR) is 75.5 cm³/mol. The normalized spacial score (nSPS) is 19.3. The second-order valence-electron chi connectivity index (χ2n) is 5.26. The zero-order chi connectivity index (χ0) is 14.1. The maximum atomic E-state index is 12.3. The molecule has 0 unspecified atom stereocenters. The highest BCUT2D eigenvalue weighted by atomic mass is 35.5. The van der Waals surface area contributed by atoms with Gasteiger partial charge in [0.15, 0.2) is 0 Å². The number of nitrogens with zero attached hydrogens (tertiary/aromatic N) is 1. The molecule has 0 spiro atoms. The number of sulfonamides is 1. The molecule has 0 aliphatic heterocycles. The summed E-state index contributed by atoms with van der Waals surface area (Å²) in [4.78, 5) is 3.84. The second-order valence-corrected chi connectivity index (χ2v) is 7.35. The number of rotatable bonds is 3. The Bertz CT molecular complexity index is 568. The van der Waals surface area contributed by atoms with Crippen LogP contribution in [0.15, 0.2) is 17.2 Å². The van der Waals surface area contributed by atoms with Crippen molar-refractivity contribution in [3.8, 4) is 0 Å². The van der Waals surface area contributed by atoms with Crippen molar-refractivity contribution < 1.29 is 8.42 Å². The van der Waals surface area contributed by atoms with Crippen LogP contribution in [0.2, 0.25) is 5.02 Å². The molecule has 0 radical (unpaired) electrons. The SMILES string of the molecule is CC1(NS(=O)(=O)c2cnc(N)c(Cl)c2)CCCCC1. The van der Waals surface area contributed by atoms with Gasteiger partial charge in [-0.15, -0.1) is 0 Å². The fraction of sp³-hybridized carbons (Fsp3) is 0.583. The summed E-state index contributed by atoms with van der Waals surface area (Å²) in [5.74, 6) is 0.129. The quantitative estimate of drug-likeness (QED) is 0.897. The zero-order valence-corrected chi connectivity index (χ0v) is 12.4. The number of halogens is 1. The van der Waals surface area contributed by atoms with Crippen LogP contribution in [0.25, 0.3) is 0 Å². The number of anilines is 1. The molecule has 7 heteroatoms. The van der Waals surface area contributed by atoms with Gasteiger partial charge in [-0.05, 0) is 25.8 Å². The molecule has 1 aromatic heterocycles. The number of pyridine rings is 1. The van der Waals surface area contributed by atoms with Gasteiger partial charge in [0.2, 0.25) is 10.0 Å². The Morgan fingerprint density at radius 1 is 1.37 bits per heavy atom. The topological polar surface area (TPSA) is 85.1 Å². The van der Waals surface area contributed by atoms with Crippen molar-refractivity contribution in [2.75, 3.05) is 5.73 Å². The number of nitrogens with one attached hydrogen (secondary N) is 1. The first kappa shape index (κ1) is 14.6. The van der Waals surface area contributed by atoms with E-state index in [-0.39, 0.29) is 21.3 Å². The van der Waals surface area contributed by atoms with Crippen LogP contribution in [0, 0.1) is 0 Å². The Morgan fingerprint density at radius 2 is 2.00 bits per heavy atom. The monoisotopic (exact) mass is 303 g/mol. The molecule has 1 aliphatic rings. The summed E-state index contributed by atoms with van der Waals surface area (Å²) >= 11 is 5.82. The molecular weight excluding hydrogens is 286 g/mol. The van der Waals surface area contributed by atoms with E-state index in [0.717, 1.165) is 32.1 Å². The molecule has 2 rings (SSSR count). The molecule has 0 bridgehead atoms. The van der Waals surface area contributed by atoms with E-state index in [0.29, 0.717) is 0 Å². The smallest absolute Gasteiger partial charge is 0.242 e. The summed E-state index contributed by atoms with van der Waals surface area (Å²) in [5, 5.41) is 0.150. The van der Waals surface area contributed by atoms with Crippen molar-refractivity contribution in [2.24, 2.45) is 0 Å². The van der Waals surface area contributed by atoms with Crippen molar-refractivity contribution in [2.45, 2.75) is 49.5 Å². The Hall–Kier alpha value is -0.850. The number of nitrogens with two attached hydrogens (primary N) is 1. The van der Waals surface area contributed by atoms with E-state index in [4.69, 9.17) is 17.3 Å². The Morgan fingerprint density at radius 3 is 2.58 bits per heavy atom. The minimum atomic E-state index is -3.61. The van der Waals surface area contributed by atoms with Crippen LogP contribution >= 0.6 is 11.6 Å². The fourth-order valence-corrected chi connectivity index (χ4v) is 4.06. The standard InChI is InChI=1S/C12H18ClN3O2S/c1-12(5-3-2-4-6-12)16-19(17,18)9-7-10(13)11(14)15-8-9/h7-8,16H,2-6H2,1H3,(H2,14,15). The van der Waals surface area contributed by atoms with Gasteiger partial charge in [-0.2, -0.15) is 0 Å². The lowest BCUT2D eigenvalue weighted by molar-refractivity contribution is 0.294. The summed E-state index contributed by atoms with van der Waals surface area (Å²) in [7, 11) is -3.61. The van der Waals surface area contributed by atoms with Gasteiger partial charge in [-0.25, -0.2) is 18.1 Å². The molecule has 1 fully saturated rings. The van der Waals surface area contributed by atoms with Crippen molar-refractivity contribution >= 4 is 27.4 Å². The molecule has 106 valence electrons. The van der Waals surface area contributed by atoms with Gasteiger partial charge in [-0.3, -0.25) is 0 Å². The second kappa shape index (κ2) is 5.26. The van der Waals surface area contributed by atoms with Crippen LogP contribution in [-0.4, -0.2) is 18.9 Å². The molecule has 1 aliphatic carbocycles. The predicted octanol–water partition coefficient (Wildman–Crippen LogP) is 2.32. The molecular formula is C12H18ClN3O2S. The molecule has 19 heavy (non-hydrogen) atoms. The third-order valence-electron chi connectivity index (χ3n) is 3.49. The average Bonchev–Trinajstić information content (AvgIpc) is 2.32. The van der Waals surface area contributed by atoms with E-state index in [1.807, 2.05) is 6.92 Å². The minimum Gasteiger partial charge on any atom is -0.382 e. The van der Waals surface area contributed by atoms with Crippen LogP contribution in [0.1, 0.15) is 39.0 Å². The van der Waals surface area contributed by atoms with E-state index >= 15 is 0 Å². The van der Waals surface area contributed by atoms with Crippen molar-refractivity contribution in [3.63, 3.8) is 0 Å². The van der Waals surface area contributed by atoms with Crippen LogP contribution < -0.4 is 10.5 Å².